The Hall–Kier alpha value is -2.21. The van der Waals surface area contributed by atoms with Gasteiger partial charge < -0.3 is 0 Å². The van der Waals surface area contributed by atoms with E-state index in [-0.39, 0.29) is 0 Å². The van der Waals surface area contributed by atoms with Crippen molar-refractivity contribution in [1.82, 2.24) is 29.3 Å². The van der Waals surface area contributed by atoms with Gasteiger partial charge in [-0.25, -0.2) is 0 Å². The maximum atomic E-state index is 4.34. The minimum Gasteiger partial charge on any atom is -0.294 e. The highest BCUT2D eigenvalue weighted by Gasteiger charge is 2.25. The summed E-state index contributed by atoms with van der Waals surface area (Å²) in [5, 5.41) is 12.8. The van der Waals surface area contributed by atoms with Gasteiger partial charge in [0.15, 0.2) is 11.5 Å². The molecule has 102 valence electrons. The van der Waals surface area contributed by atoms with E-state index in [9.17, 15) is 0 Å². The molecule has 1 saturated heterocycles. The number of aromatic nitrogens is 5. The molecule has 0 radical (unpaired) electrons. The second kappa shape index (κ2) is 4.72. The number of hydrogen-bond acceptors (Lipinski definition) is 4. The fraction of sp³-hybridized carbons (Fsp3) is 0.357. The molecule has 1 aliphatic heterocycles. The normalized spacial score (nSPS) is 19.9. The van der Waals surface area contributed by atoms with E-state index in [4.69, 9.17) is 0 Å². The van der Waals surface area contributed by atoms with Crippen molar-refractivity contribution in [2.45, 2.75) is 19.0 Å². The summed E-state index contributed by atoms with van der Waals surface area (Å²) >= 11 is 0. The van der Waals surface area contributed by atoms with Gasteiger partial charge in [0, 0.05) is 31.7 Å². The molecule has 3 aromatic rings. The van der Waals surface area contributed by atoms with Crippen LogP contribution in [0.3, 0.4) is 0 Å². The van der Waals surface area contributed by atoms with Gasteiger partial charge >= 0.3 is 0 Å². The predicted molar refractivity (Wildman–Crippen MR) is 74.1 cm³/mol. The minimum absolute atomic E-state index is 0.476. The van der Waals surface area contributed by atoms with E-state index >= 15 is 0 Å². The number of nitrogens with zero attached hydrogens (tertiary/aromatic N) is 6. The maximum absolute atomic E-state index is 4.34. The zero-order chi connectivity index (χ0) is 13.4. The van der Waals surface area contributed by atoms with Gasteiger partial charge in [-0.1, -0.05) is 6.07 Å². The second-order valence-corrected chi connectivity index (χ2v) is 5.21. The molecule has 1 atom stereocenters. The van der Waals surface area contributed by atoms with Crippen LogP contribution in [0.5, 0.6) is 0 Å². The number of fused-ring (bicyclic) bond motifs is 1. The fourth-order valence-electron chi connectivity index (χ4n) is 2.87. The fourth-order valence-corrected chi connectivity index (χ4v) is 2.87. The van der Waals surface area contributed by atoms with Crippen LogP contribution in [-0.2, 0) is 6.54 Å². The van der Waals surface area contributed by atoms with Crippen LogP contribution in [0.25, 0.3) is 5.65 Å². The quantitative estimate of drug-likeness (QED) is 0.720. The lowest BCUT2D eigenvalue weighted by Gasteiger charge is -2.15. The monoisotopic (exact) mass is 268 g/mol. The predicted octanol–water partition coefficient (Wildman–Crippen LogP) is 1.37. The van der Waals surface area contributed by atoms with Gasteiger partial charge in [-0.05, 0) is 24.6 Å². The number of hydrogen-bond donors (Lipinski definition) is 0. The van der Waals surface area contributed by atoms with Crippen LogP contribution in [0.15, 0.2) is 42.9 Å². The highest BCUT2D eigenvalue weighted by atomic mass is 15.3. The van der Waals surface area contributed by atoms with E-state index < -0.39 is 0 Å². The first-order valence-electron chi connectivity index (χ1n) is 6.90. The van der Waals surface area contributed by atoms with E-state index in [1.54, 1.807) is 0 Å². The Balaban J connectivity index is 1.50. The van der Waals surface area contributed by atoms with E-state index in [2.05, 4.69) is 29.3 Å². The van der Waals surface area contributed by atoms with Crippen LogP contribution in [-0.4, -0.2) is 42.4 Å². The smallest absolute Gasteiger partial charge is 0.160 e. The lowest BCUT2D eigenvalue weighted by molar-refractivity contribution is 0.303. The van der Waals surface area contributed by atoms with Crippen LogP contribution in [0.2, 0.25) is 0 Å². The summed E-state index contributed by atoms with van der Waals surface area (Å²) in [6, 6.07) is 8.43. The molecule has 20 heavy (non-hydrogen) atoms. The van der Waals surface area contributed by atoms with Crippen LogP contribution in [0.4, 0.5) is 0 Å². The Kier molecular flexibility index (Phi) is 2.74. The van der Waals surface area contributed by atoms with Gasteiger partial charge in [-0.2, -0.15) is 5.10 Å². The van der Waals surface area contributed by atoms with Crippen molar-refractivity contribution in [3.63, 3.8) is 0 Å². The van der Waals surface area contributed by atoms with Crippen molar-refractivity contribution in [2.24, 2.45) is 0 Å². The topological polar surface area (TPSA) is 51.2 Å². The molecule has 0 bridgehead atoms. The molecule has 0 aliphatic carbocycles. The van der Waals surface area contributed by atoms with Gasteiger partial charge in [-0.3, -0.25) is 14.0 Å². The van der Waals surface area contributed by atoms with Gasteiger partial charge in [-0.15, -0.1) is 10.2 Å². The third kappa shape index (κ3) is 1.98. The molecule has 0 saturated carbocycles. The van der Waals surface area contributed by atoms with Crippen LogP contribution in [0, 0.1) is 0 Å². The summed E-state index contributed by atoms with van der Waals surface area (Å²) in [7, 11) is 0. The Morgan fingerprint density at radius 2 is 2.15 bits per heavy atom. The first-order valence-corrected chi connectivity index (χ1v) is 6.90. The first kappa shape index (κ1) is 11.6. The first-order chi connectivity index (χ1) is 9.90. The molecule has 4 rings (SSSR count). The largest absolute Gasteiger partial charge is 0.294 e. The van der Waals surface area contributed by atoms with Gasteiger partial charge in [0.2, 0.25) is 0 Å². The molecule has 0 aromatic carbocycles. The molecule has 1 aliphatic rings. The minimum atomic E-state index is 0.476. The Morgan fingerprint density at radius 1 is 1.15 bits per heavy atom. The molecule has 3 aromatic heterocycles. The summed E-state index contributed by atoms with van der Waals surface area (Å²) in [4.78, 5) is 2.41. The highest BCUT2D eigenvalue weighted by molar-refractivity contribution is 5.36. The van der Waals surface area contributed by atoms with Crippen LogP contribution >= 0.6 is 0 Å². The third-order valence-corrected chi connectivity index (χ3v) is 3.90. The molecule has 1 fully saturated rings. The van der Waals surface area contributed by atoms with E-state index in [1.807, 2.05) is 42.9 Å². The summed E-state index contributed by atoms with van der Waals surface area (Å²) in [6.07, 6.45) is 7.04. The summed E-state index contributed by atoms with van der Waals surface area (Å²) < 4.78 is 4.11. The molecule has 6 heteroatoms. The van der Waals surface area contributed by atoms with E-state index in [1.165, 1.54) is 0 Å². The Bertz CT molecular complexity index is 701. The van der Waals surface area contributed by atoms with E-state index in [0.717, 1.165) is 37.5 Å². The van der Waals surface area contributed by atoms with Crippen molar-refractivity contribution in [2.75, 3.05) is 13.1 Å². The molecule has 0 spiro atoms. The lowest BCUT2D eigenvalue weighted by Crippen LogP contribution is -2.22. The van der Waals surface area contributed by atoms with Gasteiger partial charge in [0.05, 0.1) is 12.6 Å². The summed E-state index contributed by atoms with van der Waals surface area (Å²) in [5.41, 5.74) is 0.908. The van der Waals surface area contributed by atoms with Crippen molar-refractivity contribution < 1.29 is 0 Å². The zero-order valence-corrected chi connectivity index (χ0v) is 11.1. The second-order valence-electron chi connectivity index (χ2n) is 5.21. The van der Waals surface area contributed by atoms with Gasteiger partial charge in [0.25, 0.3) is 0 Å². The van der Waals surface area contributed by atoms with Gasteiger partial charge in [0.1, 0.15) is 0 Å². The molecule has 0 amide bonds. The Morgan fingerprint density at radius 3 is 3.05 bits per heavy atom. The molecule has 1 unspecified atom stereocenters. The molecule has 0 N–H and O–H groups in total. The molecule has 6 nitrogen and oxygen atoms in total. The average Bonchev–Trinajstić information content (AvgIpc) is 3.19. The number of rotatable bonds is 3. The zero-order valence-electron chi connectivity index (χ0n) is 11.1. The van der Waals surface area contributed by atoms with Crippen molar-refractivity contribution >= 4 is 5.65 Å². The van der Waals surface area contributed by atoms with Crippen LogP contribution < -0.4 is 0 Å². The standard InChI is InChI=1S/C14H16N6/c1-2-7-19-13(4-1)16-17-14(19)11-18-9-5-12(10-18)20-8-3-6-15-20/h1-4,6-8,12H,5,9-11H2. The third-order valence-electron chi connectivity index (χ3n) is 3.90. The summed E-state index contributed by atoms with van der Waals surface area (Å²) in [5.74, 6) is 1.00. The molecule has 4 heterocycles. The average molecular weight is 268 g/mol. The molecular formula is C14H16N6. The van der Waals surface area contributed by atoms with Crippen LogP contribution in [0.1, 0.15) is 18.3 Å². The maximum Gasteiger partial charge on any atom is 0.160 e. The molecular weight excluding hydrogens is 252 g/mol. The van der Waals surface area contributed by atoms with Crippen molar-refractivity contribution in [3.8, 4) is 0 Å². The Labute approximate surface area is 116 Å². The highest BCUT2D eigenvalue weighted by Crippen LogP contribution is 2.22. The summed E-state index contributed by atoms with van der Waals surface area (Å²) in [6.45, 7) is 2.93. The lowest BCUT2D eigenvalue weighted by atomic mass is 10.3. The number of pyridine rings is 1. The van der Waals surface area contributed by atoms with E-state index in [0.29, 0.717) is 6.04 Å². The number of likely N-dealkylation sites (tertiary alicyclic amines) is 1. The SMILES string of the molecule is c1ccn2c(CN3CCC(n4cccn4)C3)nnc2c1. The van der Waals surface area contributed by atoms with Crippen molar-refractivity contribution in [3.05, 3.63) is 48.7 Å². The van der Waals surface area contributed by atoms with Crippen molar-refractivity contribution in [1.29, 1.82) is 0 Å².